The number of rotatable bonds is 2. The summed E-state index contributed by atoms with van der Waals surface area (Å²) in [5.74, 6) is 0.911. The molecule has 2 nitrogen and oxygen atoms in total. The maximum atomic E-state index is 3.25. The summed E-state index contributed by atoms with van der Waals surface area (Å²) in [6.45, 7) is 7.92. The first kappa shape index (κ1) is 6.05. The lowest BCUT2D eigenvalue weighted by Gasteiger charge is -2.36. The Kier molecular flexibility index (Phi) is 1.86. The molecule has 0 aromatic carbocycles. The number of hydrogen-bond donors (Lipinski definition) is 1. The number of nitrogens with zero attached hydrogens (tertiary/aromatic N) is 1. The van der Waals surface area contributed by atoms with Crippen molar-refractivity contribution in [1.29, 1.82) is 0 Å². The first-order valence-electron chi connectivity index (χ1n) is 3.31. The Labute approximate surface area is 50.8 Å². The Balaban J connectivity index is 1.98. The molecule has 0 aromatic rings. The van der Waals surface area contributed by atoms with Crippen molar-refractivity contribution in [2.75, 3.05) is 19.6 Å². The van der Waals surface area contributed by atoms with Crippen molar-refractivity contribution in [3.63, 3.8) is 0 Å². The predicted octanol–water partition coefficient (Wildman–Crippen LogP) is 0.463. The Morgan fingerprint density at radius 3 is 2.62 bits per heavy atom. The van der Waals surface area contributed by atoms with Crippen LogP contribution in [0.1, 0.15) is 13.8 Å². The van der Waals surface area contributed by atoms with E-state index in [1.807, 2.05) is 0 Å². The molecule has 1 aliphatic rings. The van der Waals surface area contributed by atoms with E-state index in [2.05, 4.69) is 24.3 Å². The minimum absolute atomic E-state index is 0.911. The Bertz CT molecular complexity index is 64.2. The van der Waals surface area contributed by atoms with Crippen LogP contribution < -0.4 is 5.43 Å². The van der Waals surface area contributed by atoms with Gasteiger partial charge >= 0.3 is 0 Å². The van der Waals surface area contributed by atoms with Crippen molar-refractivity contribution in [2.24, 2.45) is 5.92 Å². The zero-order valence-electron chi connectivity index (χ0n) is 5.65. The van der Waals surface area contributed by atoms with Gasteiger partial charge in [-0.1, -0.05) is 13.8 Å². The minimum Gasteiger partial charge on any atom is -0.255 e. The number of hydrazine groups is 1. The molecule has 0 unspecified atom stereocenters. The number of hydrogen-bond acceptors (Lipinski definition) is 2. The van der Waals surface area contributed by atoms with Crippen molar-refractivity contribution in [1.82, 2.24) is 10.4 Å². The Morgan fingerprint density at radius 2 is 2.25 bits per heavy atom. The van der Waals surface area contributed by atoms with Crippen LogP contribution in [-0.2, 0) is 0 Å². The first-order valence-corrected chi connectivity index (χ1v) is 3.31. The molecule has 0 aliphatic carbocycles. The van der Waals surface area contributed by atoms with Gasteiger partial charge in [-0.25, -0.2) is 5.01 Å². The molecule has 0 saturated carbocycles. The maximum absolute atomic E-state index is 3.25. The quantitative estimate of drug-likeness (QED) is 0.561. The summed E-state index contributed by atoms with van der Waals surface area (Å²) in [6.07, 6.45) is 0. The molecule has 0 radical (unpaired) electrons. The van der Waals surface area contributed by atoms with E-state index in [9.17, 15) is 0 Å². The highest BCUT2D eigenvalue weighted by atomic mass is 15.5. The molecule has 2 heteroatoms. The van der Waals surface area contributed by atoms with Crippen LogP contribution in [0.3, 0.4) is 0 Å². The lowest BCUT2D eigenvalue weighted by atomic mass is 10.1. The summed E-state index contributed by atoms with van der Waals surface area (Å²) in [7, 11) is 0. The molecular weight excluding hydrogens is 100 g/mol. The summed E-state index contributed by atoms with van der Waals surface area (Å²) in [4.78, 5) is 0. The van der Waals surface area contributed by atoms with Crippen LogP contribution in [0.5, 0.6) is 0 Å². The van der Waals surface area contributed by atoms with E-state index in [0.717, 1.165) is 12.5 Å². The molecule has 1 rings (SSSR count). The van der Waals surface area contributed by atoms with Crippen LogP contribution in [-0.4, -0.2) is 24.6 Å². The summed E-state index contributed by atoms with van der Waals surface area (Å²) >= 11 is 0. The zero-order chi connectivity index (χ0) is 5.98. The van der Waals surface area contributed by atoms with Gasteiger partial charge in [0.1, 0.15) is 0 Å². The van der Waals surface area contributed by atoms with Gasteiger partial charge < -0.3 is 0 Å². The largest absolute Gasteiger partial charge is 0.255 e. The lowest BCUT2D eigenvalue weighted by molar-refractivity contribution is 0.0564. The molecule has 1 N–H and O–H groups in total. The molecule has 1 saturated heterocycles. The molecule has 0 aromatic heterocycles. The van der Waals surface area contributed by atoms with Gasteiger partial charge in [-0.2, -0.15) is 0 Å². The average Bonchev–Trinajstić information content (AvgIpc) is 1.64. The van der Waals surface area contributed by atoms with Gasteiger partial charge in [0, 0.05) is 19.6 Å². The van der Waals surface area contributed by atoms with E-state index in [4.69, 9.17) is 0 Å². The Morgan fingerprint density at radius 1 is 1.62 bits per heavy atom. The van der Waals surface area contributed by atoms with Gasteiger partial charge in [0.2, 0.25) is 0 Å². The fourth-order valence-electron chi connectivity index (χ4n) is 1.05. The van der Waals surface area contributed by atoms with Gasteiger partial charge in [-0.05, 0) is 5.92 Å². The van der Waals surface area contributed by atoms with Gasteiger partial charge in [0.25, 0.3) is 0 Å². The smallest absolute Gasteiger partial charge is 0.0169 e. The van der Waals surface area contributed by atoms with Gasteiger partial charge in [-0.3, -0.25) is 5.43 Å². The normalized spacial score (nSPS) is 23.2. The van der Waals surface area contributed by atoms with E-state index in [1.165, 1.54) is 13.1 Å². The minimum atomic E-state index is 0.911. The molecule has 1 fully saturated rings. The second kappa shape index (κ2) is 2.46. The Hall–Kier alpha value is -0.0800. The molecule has 1 heterocycles. The van der Waals surface area contributed by atoms with Crippen molar-refractivity contribution in [3.8, 4) is 0 Å². The summed E-state index contributed by atoms with van der Waals surface area (Å²) in [5.41, 5.74) is 3.25. The van der Waals surface area contributed by atoms with E-state index in [0.29, 0.717) is 0 Å². The highest BCUT2D eigenvalue weighted by Crippen LogP contribution is 2.09. The second-order valence-corrected chi connectivity index (χ2v) is 2.52. The lowest BCUT2D eigenvalue weighted by Crippen LogP contribution is -2.52. The molecule has 0 spiro atoms. The standard InChI is InChI=1S/C6H14N2/c1-3-7-8-4-6(2)5-8/h6-7H,3-5H2,1-2H3. The fourth-order valence-corrected chi connectivity index (χ4v) is 1.05. The van der Waals surface area contributed by atoms with Crippen molar-refractivity contribution < 1.29 is 0 Å². The molecule has 8 heavy (non-hydrogen) atoms. The predicted molar refractivity (Wildman–Crippen MR) is 34.4 cm³/mol. The SMILES string of the molecule is CCNN1CC(C)C1. The summed E-state index contributed by atoms with van der Waals surface area (Å²) in [6, 6.07) is 0. The highest BCUT2D eigenvalue weighted by Gasteiger charge is 2.20. The van der Waals surface area contributed by atoms with Gasteiger partial charge in [-0.15, -0.1) is 0 Å². The van der Waals surface area contributed by atoms with Crippen molar-refractivity contribution in [3.05, 3.63) is 0 Å². The summed E-state index contributed by atoms with van der Waals surface area (Å²) in [5, 5.41) is 2.25. The summed E-state index contributed by atoms with van der Waals surface area (Å²) < 4.78 is 0. The second-order valence-electron chi connectivity index (χ2n) is 2.52. The van der Waals surface area contributed by atoms with Crippen LogP contribution in [0.15, 0.2) is 0 Å². The number of nitrogens with one attached hydrogen (secondary N) is 1. The van der Waals surface area contributed by atoms with Crippen LogP contribution >= 0.6 is 0 Å². The van der Waals surface area contributed by atoms with Gasteiger partial charge in [0.15, 0.2) is 0 Å². The van der Waals surface area contributed by atoms with E-state index >= 15 is 0 Å². The highest BCUT2D eigenvalue weighted by molar-refractivity contribution is 4.71. The van der Waals surface area contributed by atoms with Crippen LogP contribution in [0.4, 0.5) is 0 Å². The molecular formula is C6H14N2. The third kappa shape index (κ3) is 1.20. The molecule has 0 amide bonds. The van der Waals surface area contributed by atoms with E-state index < -0.39 is 0 Å². The maximum Gasteiger partial charge on any atom is 0.0169 e. The molecule has 1 aliphatic heterocycles. The van der Waals surface area contributed by atoms with Crippen LogP contribution in [0.2, 0.25) is 0 Å². The zero-order valence-corrected chi connectivity index (χ0v) is 5.65. The van der Waals surface area contributed by atoms with Crippen LogP contribution in [0, 0.1) is 5.92 Å². The van der Waals surface area contributed by atoms with Crippen molar-refractivity contribution >= 4 is 0 Å². The van der Waals surface area contributed by atoms with E-state index in [-0.39, 0.29) is 0 Å². The van der Waals surface area contributed by atoms with Crippen molar-refractivity contribution in [2.45, 2.75) is 13.8 Å². The third-order valence-electron chi connectivity index (χ3n) is 1.45. The monoisotopic (exact) mass is 114 g/mol. The fraction of sp³-hybridized carbons (Fsp3) is 1.00. The third-order valence-corrected chi connectivity index (χ3v) is 1.45. The van der Waals surface area contributed by atoms with E-state index in [1.54, 1.807) is 0 Å². The topological polar surface area (TPSA) is 15.3 Å². The first-order chi connectivity index (χ1) is 3.83. The molecule has 0 atom stereocenters. The molecule has 0 bridgehead atoms. The molecule has 48 valence electrons. The van der Waals surface area contributed by atoms with Crippen LogP contribution in [0.25, 0.3) is 0 Å². The average molecular weight is 114 g/mol. The van der Waals surface area contributed by atoms with Gasteiger partial charge in [0.05, 0.1) is 0 Å².